The van der Waals surface area contributed by atoms with Gasteiger partial charge in [-0.3, -0.25) is 4.79 Å². The van der Waals surface area contributed by atoms with E-state index in [0.717, 1.165) is 24.9 Å². The molecule has 0 radical (unpaired) electrons. The lowest BCUT2D eigenvalue weighted by molar-refractivity contribution is -0.129. The van der Waals surface area contributed by atoms with Crippen LogP contribution in [-0.4, -0.2) is 36.5 Å². The number of rotatable bonds is 7. The lowest BCUT2D eigenvalue weighted by atomic mass is 10.2. The van der Waals surface area contributed by atoms with E-state index in [9.17, 15) is 4.79 Å². The van der Waals surface area contributed by atoms with E-state index in [1.807, 2.05) is 38.2 Å². The number of aromatic nitrogens is 1. The third kappa shape index (κ3) is 4.12. The van der Waals surface area contributed by atoms with Crippen LogP contribution in [0, 0.1) is 6.92 Å². The second kappa shape index (κ2) is 7.81. The van der Waals surface area contributed by atoms with Gasteiger partial charge in [0, 0.05) is 13.6 Å². The van der Waals surface area contributed by atoms with Gasteiger partial charge in [0.15, 0.2) is 0 Å². The molecule has 0 unspecified atom stereocenters. The van der Waals surface area contributed by atoms with Crippen molar-refractivity contribution in [3.05, 3.63) is 35.7 Å². The number of ether oxygens (including phenoxy) is 1. The molecule has 5 nitrogen and oxygen atoms in total. The molecule has 0 bridgehead atoms. The van der Waals surface area contributed by atoms with Gasteiger partial charge in [0.25, 0.3) is 0 Å². The van der Waals surface area contributed by atoms with E-state index in [-0.39, 0.29) is 12.3 Å². The minimum absolute atomic E-state index is 0.0569. The average Bonchev–Trinajstić information content (AvgIpc) is 2.93. The maximum Gasteiger partial charge on any atom is 0.230 e. The van der Waals surface area contributed by atoms with Gasteiger partial charge in [-0.25, -0.2) is 4.98 Å². The molecule has 1 aromatic carbocycles. The van der Waals surface area contributed by atoms with Crippen molar-refractivity contribution in [2.75, 3.05) is 20.7 Å². The monoisotopic (exact) mass is 316 g/mol. The molecule has 23 heavy (non-hydrogen) atoms. The minimum Gasteiger partial charge on any atom is -0.496 e. The highest BCUT2D eigenvalue weighted by Gasteiger charge is 2.18. The van der Waals surface area contributed by atoms with Gasteiger partial charge in [0.05, 0.1) is 24.8 Å². The van der Waals surface area contributed by atoms with Crippen molar-refractivity contribution in [2.24, 2.45) is 0 Å². The number of aryl methyl sites for hydroxylation is 1. The van der Waals surface area contributed by atoms with Crippen LogP contribution in [0.3, 0.4) is 0 Å². The second-order valence-corrected chi connectivity index (χ2v) is 5.57. The number of methoxy groups -OCH3 is 1. The lowest BCUT2D eigenvalue weighted by Crippen LogP contribution is -2.29. The SMILES string of the molecule is CCCCN(C)C(=O)Cc1nc(-c2ccccc2OC)oc1C. The maximum atomic E-state index is 12.3. The number of benzene rings is 1. The molecule has 2 rings (SSSR count). The molecule has 0 aliphatic rings. The van der Waals surface area contributed by atoms with E-state index >= 15 is 0 Å². The van der Waals surface area contributed by atoms with Crippen molar-refractivity contribution in [2.45, 2.75) is 33.1 Å². The molecule has 0 atom stereocenters. The van der Waals surface area contributed by atoms with Gasteiger partial charge in [-0.15, -0.1) is 0 Å². The summed E-state index contributed by atoms with van der Waals surface area (Å²) in [5.74, 6) is 1.91. The number of unbranched alkanes of at least 4 members (excludes halogenated alkanes) is 1. The minimum atomic E-state index is 0.0569. The fourth-order valence-corrected chi connectivity index (χ4v) is 2.33. The largest absolute Gasteiger partial charge is 0.496 e. The van der Waals surface area contributed by atoms with Crippen LogP contribution in [0.1, 0.15) is 31.2 Å². The Kier molecular flexibility index (Phi) is 5.79. The summed E-state index contributed by atoms with van der Waals surface area (Å²) >= 11 is 0. The molecule has 1 amide bonds. The predicted octanol–water partition coefficient (Wildman–Crippen LogP) is 3.46. The number of amides is 1. The number of hydrogen-bond acceptors (Lipinski definition) is 4. The zero-order valence-electron chi connectivity index (χ0n) is 14.3. The number of hydrogen-bond donors (Lipinski definition) is 0. The van der Waals surface area contributed by atoms with Crippen molar-refractivity contribution >= 4 is 5.91 Å². The van der Waals surface area contributed by atoms with Crippen molar-refractivity contribution in [1.82, 2.24) is 9.88 Å². The summed E-state index contributed by atoms with van der Waals surface area (Å²) in [6.45, 7) is 4.71. The molecule has 0 saturated heterocycles. The van der Waals surface area contributed by atoms with Crippen LogP contribution in [-0.2, 0) is 11.2 Å². The highest BCUT2D eigenvalue weighted by molar-refractivity contribution is 5.78. The van der Waals surface area contributed by atoms with Gasteiger partial charge in [-0.05, 0) is 25.5 Å². The predicted molar refractivity (Wildman–Crippen MR) is 89.5 cm³/mol. The molecule has 1 aromatic heterocycles. The Labute approximate surface area is 137 Å². The number of nitrogens with zero attached hydrogens (tertiary/aromatic N) is 2. The normalized spacial score (nSPS) is 10.6. The highest BCUT2D eigenvalue weighted by atomic mass is 16.5. The summed E-state index contributed by atoms with van der Waals surface area (Å²) in [7, 11) is 3.44. The first-order chi connectivity index (χ1) is 11.1. The van der Waals surface area contributed by atoms with E-state index in [0.29, 0.717) is 23.1 Å². The lowest BCUT2D eigenvalue weighted by Gasteiger charge is -2.15. The molecule has 2 aromatic rings. The molecule has 0 aliphatic carbocycles. The quantitative estimate of drug-likeness (QED) is 0.785. The number of oxazole rings is 1. The first kappa shape index (κ1) is 17.1. The molecule has 1 heterocycles. The van der Waals surface area contributed by atoms with Crippen LogP contribution < -0.4 is 4.74 Å². The molecule has 0 spiro atoms. The molecule has 124 valence electrons. The fourth-order valence-electron chi connectivity index (χ4n) is 2.33. The molecule has 0 aliphatic heterocycles. The second-order valence-electron chi connectivity index (χ2n) is 5.57. The van der Waals surface area contributed by atoms with E-state index in [1.165, 1.54) is 0 Å². The highest BCUT2D eigenvalue weighted by Crippen LogP contribution is 2.30. The summed E-state index contributed by atoms with van der Waals surface area (Å²) in [5.41, 5.74) is 1.47. The third-order valence-electron chi connectivity index (χ3n) is 3.82. The summed E-state index contributed by atoms with van der Waals surface area (Å²) < 4.78 is 11.1. The van der Waals surface area contributed by atoms with Crippen molar-refractivity contribution in [1.29, 1.82) is 0 Å². The van der Waals surface area contributed by atoms with Crippen molar-refractivity contribution < 1.29 is 13.9 Å². The van der Waals surface area contributed by atoms with Crippen LogP contribution in [0.4, 0.5) is 0 Å². The average molecular weight is 316 g/mol. The van der Waals surface area contributed by atoms with E-state index < -0.39 is 0 Å². The van der Waals surface area contributed by atoms with Crippen LogP contribution >= 0.6 is 0 Å². The topological polar surface area (TPSA) is 55.6 Å². The first-order valence-corrected chi connectivity index (χ1v) is 7.90. The maximum absolute atomic E-state index is 12.3. The number of likely N-dealkylation sites (N-methyl/N-ethyl adjacent to an activating group) is 1. The third-order valence-corrected chi connectivity index (χ3v) is 3.82. The van der Waals surface area contributed by atoms with Crippen LogP contribution in [0.25, 0.3) is 11.5 Å². The molecule has 0 fully saturated rings. The van der Waals surface area contributed by atoms with Crippen LogP contribution in [0.15, 0.2) is 28.7 Å². The van der Waals surface area contributed by atoms with Gasteiger partial charge < -0.3 is 14.1 Å². The Morgan fingerprint density at radius 2 is 2.09 bits per heavy atom. The van der Waals surface area contributed by atoms with Crippen molar-refractivity contribution in [3.63, 3.8) is 0 Å². The van der Waals surface area contributed by atoms with Gasteiger partial charge in [0.2, 0.25) is 11.8 Å². The first-order valence-electron chi connectivity index (χ1n) is 7.90. The van der Waals surface area contributed by atoms with Crippen LogP contribution in [0.5, 0.6) is 5.75 Å². The zero-order valence-corrected chi connectivity index (χ0v) is 14.3. The van der Waals surface area contributed by atoms with E-state index in [4.69, 9.17) is 9.15 Å². The Hall–Kier alpha value is -2.30. The van der Waals surface area contributed by atoms with Gasteiger partial charge in [-0.1, -0.05) is 25.5 Å². The summed E-state index contributed by atoms with van der Waals surface area (Å²) in [4.78, 5) is 18.5. The Balaban J connectivity index is 2.17. The Bertz CT molecular complexity index is 664. The number of carbonyl (C=O) groups is 1. The Morgan fingerprint density at radius 3 is 2.78 bits per heavy atom. The standard InChI is InChI=1S/C18H24N2O3/c1-5-6-11-20(3)17(21)12-15-13(2)23-18(19-15)14-9-7-8-10-16(14)22-4/h7-10H,5-6,11-12H2,1-4H3. The van der Waals surface area contributed by atoms with Gasteiger partial charge >= 0.3 is 0 Å². The fraction of sp³-hybridized carbons (Fsp3) is 0.444. The van der Waals surface area contributed by atoms with E-state index in [2.05, 4.69) is 11.9 Å². The van der Waals surface area contributed by atoms with Crippen molar-refractivity contribution in [3.8, 4) is 17.2 Å². The van der Waals surface area contributed by atoms with E-state index in [1.54, 1.807) is 12.0 Å². The Morgan fingerprint density at radius 1 is 1.35 bits per heavy atom. The molecular weight excluding hydrogens is 292 g/mol. The molecule has 5 heteroatoms. The number of para-hydroxylation sites is 1. The smallest absolute Gasteiger partial charge is 0.230 e. The molecular formula is C18H24N2O3. The molecule has 0 N–H and O–H groups in total. The van der Waals surface area contributed by atoms with Gasteiger partial charge in [0.1, 0.15) is 11.5 Å². The summed E-state index contributed by atoms with van der Waals surface area (Å²) in [6.07, 6.45) is 2.33. The summed E-state index contributed by atoms with van der Waals surface area (Å²) in [6, 6.07) is 7.55. The zero-order chi connectivity index (χ0) is 16.8. The molecule has 0 saturated carbocycles. The number of carbonyl (C=O) groups excluding carboxylic acids is 1. The van der Waals surface area contributed by atoms with Gasteiger partial charge in [-0.2, -0.15) is 0 Å². The summed E-state index contributed by atoms with van der Waals surface area (Å²) in [5, 5.41) is 0. The van der Waals surface area contributed by atoms with Crippen LogP contribution in [0.2, 0.25) is 0 Å².